The normalized spacial score (nSPS) is 24.6. The average Bonchev–Trinajstić information content (AvgIpc) is 3.35. The summed E-state index contributed by atoms with van der Waals surface area (Å²) in [4.78, 5) is 33.1. The minimum atomic E-state index is -0.250. The number of nitrogens with zero attached hydrogens (tertiary/aromatic N) is 3. The van der Waals surface area contributed by atoms with Gasteiger partial charge in [-0.3, -0.25) is 14.6 Å². The van der Waals surface area contributed by atoms with Crippen LogP contribution < -0.4 is 0 Å². The lowest BCUT2D eigenvalue weighted by molar-refractivity contribution is -0.159. The standard InChI is InChI=1S/C27H29N3O3/c31-18-24-26(21-10-8-20(9-11-21)7-3-6-19-4-1-2-5-19)23-16-29(17-25(32)30(23)24)27(33)22-12-14-28-15-13-22/h8-15,19,23-24,26,31H,1-2,4-6,16-18H2/t23-,24-,26+/m1/s1. The van der Waals surface area contributed by atoms with Crippen molar-refractivity contribution in [3.05, 3.63) is 65.5 Å². The van der Waals surface area contributed by atoms with Gasteiger partial charge >= 0.3 is 0 Å². The second kappa shape index (κ2) is 9.36. The molecule has 170 valence electrons. The summed E-state index contributed by atoms with van der Waals surface area (Å²) in [7, 11) is 0. The monoisotopic (exact) mass is 443 g/mol. The third-order valence-electron chi connectivity index (χ3n) is 7.36. The number of pyridine rings is 1. The third kappa shape index (κ3) is 4.26. The number of piperazine rings is 1. The molecule has 1 aliphatic carbocycles. The minimum absolute atomic E-state index is 0.00696. The van der Waals surface area contributed by atoms with Gasteiger partial charge in [-0.2, -0.15) is 0 Å². The van der Waals surface area contributed by atoms with E-state index in [1.54, 1.807) is 34.3 Å². The third-order valence-corrected chi connectivity index (χ3v) is 7.36. The number of aromatic nitrogens is 1. The fourth-order valence-electron chi connectivity index (χ4n) is 5.63. The highest BCUT2D eigenvalue weighted by atomic mass is 16.3. The second-order valence-electron chi connectivity index (χ2n) is 9.34. The van der Waals surface area contributed by atoms with Crippen molar-refractivity contribution < 1.29 is 14.7 Å². The fraction of sp³-hybridized carbons (Fsp3) is 0.444. The summed E-state index contributed by atoms with van der Waals surface area (Å²) in [6.07, 6.45) is 9.40. The Kier molecular flexibility index (Phi) is 6.15. The van der Waals surface area contributed by atoms with Crippen molar-refractivity contribution >= 4 is 11.8 Å². The highest BCUT2D eigenvalue weighted by Gasteiger charge is 2.54. The maximum atomic E-state index is 12.9. The number of carbonyl (C=O) groups is 2. The van der Waals surface area contributed by atoms with Crippen molar-refractivity contribution in [3.8, 4) is 11.8 Å². The predicted molar refractivity (Wildman–Crippen MR) is 124 cm³/mol. The molecule has 2 amide bonds. The van der Waals surface area contributed by atoms with E-state index in [-0.39, 0.29) is 43.0 Å². The molecule has 6 nitrogen and oxygen atoms in total. The van der Waals surface area contributed by atoms with Gasteiger partial charge in [-0.05, 0) is 48.6 Å². The first kappa shape index (κ1) is 21.7. The minimum Gasteiger partial charge on any atom is -0.394 e. The molecule has 1 saturated carbocycles. The van der Waals surface area contributed by atoms with Crippen molar-refractivity contribution in [3.63, 3.8) is 0 Å². The quantitative estimate of drug-likeness (QED) is 0.738. The van der Waals surface area contributed by atoms with Gasteiger partial charge in [0.25, 0.3) is 5.91 Å². The van der Waals surface area contributed by atoms with Crippen LogP contribution in [0.1, 0.15) is 59.5 Å². The van der Waals surface area contributed by atoms with Gasteiger partial charge in [-0.1, -0.05) is 36.8 Å². The van der Waals surface area contributed by atoms with Crippen LogP contribution in [0.2, 0.25) is 0 Å². The van der Waals surface area contributed by atoms with Crippen LogP contribution in [0.5, 0.6) is 0 Å². The number of carbonyl (C=O) groups excluding carboxylic acids is 2. The Morgan fingerprint density at radius 3 is 2.52 bits per heavy atom. The molecule has 0 bridgehead atoms. The van der Waals surface area contributed by atoms with E-state index < -0.39 is 0 Å². The zero-order valence-electron chi connectivity index (χ0n) is 18.7. The van der Waals surface area contributed by atoms with Gasteiger partial charge in [0.1, 0.15) is 6.54 Å². The molecule has 2 saturated heterocycles. The molecular formula is C27H29N3O3. The first-order chi connectivity index (χ1) is 16.2. The van der Waals surface area contributed by atoms with E-state index >= 15 is 0 Å². The first-order valence-electron chi connectivity index (χ1n) is 11.9. The molecule has 1 N–H and O–H groups in total. The Bertz CT molecular complexity index is 1070. The number of aliphatic hydroxyl groups excluding tert-OH is 1. The van der Waals surface area contributed by atoms with Crippen LogP contribution >= 0.6 is 0 Å². The number of hydrogen-bond acceptors (Lipinski definition) is 4. The van der Waals surface area contributed by atoms with Crippen LogP contribution in [0.15, 0.2) is 48.8 Å². The maximum absolute atomic E-state index is 12.9. The Labute approximate surface area is 194 Å². The summed E-state index contributed by atoms with van der Waals surface area (Å²) in [5, 5.41) is 10.00. The fourth-order valence-corrected chi connectivity index (χ4v) is 5.63. The molecule has 5 rings (SSSR count). The van der Waals surface area contributed by atoms with Crippen LogP contribution in [-0.2, 0) is 4.79 Å². The molecule has 2 aromatic rings. The molecule has 3 aliphatic rings. The molecule has 0 radical (unpaired) electrons. The number of hydrogen-bond donors (Lipinski definition) is 1. The second-order valence-corrected chi connectivity index (χ2v) is 9.34. The van der Waals surface area contributed by atoms with E-state index in [0.29, 0.717) is 12.1 Å². The lowest BCUT2D eigenvalue weighted by Crippen LogP contribution is -2.73. The van der Waals surface area contributed by atoms with Gasteiger partial charge in [0, 0.05) is 42.4 Å². The molecule has 3 heterocycles. The SMILES string of the molecule is O=C(c1ccncc1)N1CC(=O)N2[C@H](CO)[C@@H](c3ccc(C#CCC4CCCC4)cc3)[C@H]2C1. The highest BCUT2D eigenvalue weighted by Crippen LogP contribution is 2.43. The van der Waals surface area contributed by atoms with Gasteiger partial charge in [-0.25, -0.2) is 0 Å². The summed E-state index contributed by atoms with van der Waals surface area (Å²) in [6, 6.07) is 11.1. The zero-order valence-corrected chi connectivity index (χ0v) is 18.7. The number of rotatable bonds is 4. The van der Waals surface area contributed by atoms with Crippen molar-refractivity contribution in [1.29, 1.82) is 0 Å². The molecule has 6 heteroatoms. The summed E-state index contributed by atoms with van der Waals surface area (Å²) in [5.74, 6) is 7.09. The predicted octanol–water partition coefficient (Wildman–Crippen LogP) is 2.82. The smallest absolute Gasteiger partial charge is 0.254 e. The number of benzene rings is 1. The topological polar surface area (TPSA) is 73.7 Å². The molecule has 1 aromatic heterocycles. The van der Waals surface area contributed by atoms with Crippen molar-refractivity contribution in [2.24, 2.45) is 5.92 Å². The molecule has 3 atom stereocenters. The summed E-state index contributed by atoms with van der Waals surface area (Å²) < 4.78 is 0. The molecule has 1 aromatic carbocycles. The first-order valence-corrected chi connectivity index (χ1v) is 11.9. The lowest BCUT2D eigenvalue weighted by atomic mass is 9.73. The Morgan fingerprint density at radius 1 is 1.09 bits per heavy atom. The molecule has 0 unspecified atom stereocenters. The van der Waals surface area contributed by atoms with Crippen molar-refractivity contribution in [2.75, 3.05) is 19.7 Å². The highest BCUT2D eigenvalue weighted by molar-refractivity contribution is 5.97. The Morgan fingerprint density at radius 2 is 1.82 bits per heavy atom. The average molecular weight is 444 g/mol. The maximum Gasteiger partial charge on any atom is 0.254 e. The Hall–Kier alpha value is -3.17. The molecular weight excluding hydrogens is 414 g/mol. The van der Waals surface area contributed by atoms with Crippen LogP contribution in [0.3, 0.4) is 0 Å². The Balaban J connectivity index is 1.30. The zero-order chi connectivity index (χ0) is 22.8. The van der Waals surface area contributed by atoms with Crippen molar-refractivity contribution in [1.82, 2.24) is 14.8 Å². The number of amides is 2. The lowest BCUT2D eigenvalue weighted by Gasteiger charge is -2.58. The van der Waals surface area contributed by atoms with Gasteiger partial charge in [0.05, 0.1) is 18.7 Å². The van der Waals surface area contributed by atoms with E-state index in [2.05, 4.69) is 29.0 Å². The summed E-state index contributed by atoms with van der Waals surface area (Å²) in [6.45, 7) is 0.404. The largest absolute Gasteiger partial charge is 0.394 e. The van der Waals surface area contributed by atoms with Crippen LogP contribution in [0.25, 0.3) is 0 Å². The summed E-state index contributed by atoms with van der Waals surface area (Å²) in [5.41, 5.74) is 2.59. The van der Waals surface area contributed by atoms with Crippen LogP contribution in [0.4, 0.5) is 0 Å². The number of fused-ring (bicyclic) bond motifs is 1. The van der Waals surface area contributed by atoms with Gasteiger partial charge in [0.15, 0.2) is 0 Å². The van der Waals surface area contributed by atoms with E-state index in [0.717, 1.165) is 23.5 Å². The van der Waals surface area contributed by atoms with E-state index in [1.807, 2.05) is 12.1 Å². The number of aliphatic hydroxyl groups is 1. The molecule has 2 aliphatic heterocycles. The van der Waals surface area contributed by atoms with Gasteiger partial charge in [0.2, 0.25) is 5.91 Å². The van der Waals surface area contributed by atoms with E-state index in [1.165, 1.54) is 25.7 Å². The molecule has 0 spiro atoms. The van der Waals surface area contributed by atoms with E-state index in [4.69, 9.17) is 0 Å². The van der Waals surface area contributed by atoms with Crippen LogP contribution in [0, 0.1) is 17.8 Å². The molecule has 3 fully saturated rings. The van der Waals surface area contributed by atoms with E-state index in [9.17, 15) is 14.7 Å². The van der Waals surface area contributed by atoms with Gasteiger partial charge in [-0.15, -0.1) is 0 Å². The van der Waals surface area contributed by atoms with Gasteiger partial charge < -0.3 is 14.9 Å². The molecule has 33 heavy (non-hydrogen) atoms. The van der Waals surface area contributed by atoms with Crippen molar-refractivity contribution in [2.45, 2.75) is 50.1 Å². The summed E-state index contributed by atoms with van der Waals surface area (Å²) >= 11 is 0. The van der Waals surface area contributed by atoms with Crippen LogP contribution in [-0.4, -0.2) is 63.5 Å².